The van der Waals surface area contributed by atoms with Crippen molar-refractivity contribution in [3.63, 3.8) is 0 Å². The van der Waals surface area contributed by atoms with Gasteiger partial charge < -0.3 is 25.2 Å². The lowest BCUT2D eigenvalue weighted by atomic mass is 9.98. The van der Waals surface area contributed by atoms with E-state index >= 15 is 0 Å². The van der Waals surface area contributed by atoms with Crippen LogP contribution in [0.25, 0.3) is 22.8 Å². The van der Waals surface area contributed by atoms with Gasteiger partial charge in [-0.1, -0.05) is 11.2 Å². The number of likely N-dealkylation sites (tertiary alicyclic amines) is 1. The molecule has 11 heteroatoms. The highest BCUT2D eigenvalue weighted by Crippen LogP contribution is 2.34. The minimum atomic E-state index is -1.72. The van der Waals surface area contributed by atoms with Crippen molar-refractivity contribution < 1.29 is 19.2 Å². The number of aromatic nitrogens is 4. The first-order valence-electron chi connectivity index (χ1n) is 10.1. The average Bonchev–Trinajstić information content (AvgIpc) is 3.41. The van der Waals surface area contributed by atoms with Crippen molar-refractivity contribution in [1.29, 1.82) is 0 Å². The molecule has 2 amide bonds. The van der Waals surface area contributed by atoms with E-state index in [-0.39, 0.29) is 18.1 Å². The molecule has 1 unspecified atom stereocenters. The van der Waals surface area contributed by atoms with Gasteiger partial charge in [0.15, 0.2) is 5.76 Å². The minimum Gasteiger partial charge on any atom is -0.373 e. The number of carbonyl (C=O) groups excluding carboxylic acids is 2. The van der Waals surface area contributed by atoms with Crippen LogP contribution >= 0.6 is 0 Å². The monoisotopic (exact) mass is 437 g/mol. The average molecular weight is 437 g/mol. The molecule has 0 radical (unpaired) electrons. The second-order valence-corrected chi connectivity index (χ2v) is 7.57. The van der Waals surface area contributed by atoms with Gasteiger partial charge >= 0.3 is 0 Å². The zero-order valence-electron chi connectivity index (χ0n) is 17.9. The van der Waals surface area contributed by atoms with Crippen molar-refractivity contribution in [2.75, 3.05) is 26.0 Å². The standard InChI is InChI=1S/C21H23N7O4/c1-12(18(29)22-2)24-20-23-9-7-15(26-20)13-5-4-6-14(25-13)16-11-17(32-27-16)21(31)8-10-28(3)19(21)30/h4-7,9,11-12,31H,8,10H2,1-3H3,(H,22,29)(H,23,24,26)/t12?,21-/m1/s1. The molecular formula is C21H23N7O4. The van der Waals surface area contributed by atoms with E-state index in [1.807, 2.05) is 0 Å². The Bertz CT molecular complexity index is 1160. The molecule has 2 atom stereocenters. The first-order valence-corrected chi connectivity index (χ1v) is 10.1. The second kappa shape index (κ2) is 8.35. The molecule has 3 N–H and O–H groups in total. The van der Waals surface area contributed by atoms with Crippen molar-refractivity contribution in [1.82, 2.24) is 30.3 Å². The van der Waals surface area contributed by atoms with Gasteiger partial charge in [0.05, 0.1) is 17.1 Å². The van der Waals surface area contributed by atoms with Crippen LogP contribution in [0.1, 0.15) is 19.1 Å². The Morgan fingerprint density at radius 3 is 2.62 bits per heavy atom. The summed E-state index contributed by atoms with van der Waals surface area (Å²) in [6.07, 6.45) is 1.80. The minimum absolute atomic E-state index is 0.0887. The van der Waals surface area contributed by atoms with Crippen LogP contribution in [0.5, 0.6) is 0 Å². The Kier molecular flexibility index (Phi) is 5.57. The number of nitrogens with one attached hydrogen (secondary N) is 2. The molecule has 4 rings (SSSR count). The van der Waals surface area contributed by atoms with Crippen LogP contribution in [0, 0.1) is 0 Å². The number of aliphatic hydroxyl groups is 1. The Morgan fingerprint density at radius 2 is 1.94 bits per heavy atom. The number of anilines is 1. The number of pyridine rings is 1. The fraction of sp³-hybridized carbons (Fsp3) is 0.333. The van der Waals surface area contributed by atoms with Gasteiger partial charge in [0.2, 0.25) is 17.5 Å². The van der Waals surface area contributed by atoms with E-state index in [9.17, 15) is 14.7 Å². The number of carbonyl (C=O) groups is 2. The molecule has 1 fully saturated rings. The summed E-state index contributed by atoms with van der Waals surface area (Å²) < 4.78 is 5.31. The summed E-state index contributed by atoms with van der Waals surface area (Å²) in [7, 11) is 3.19. The lowest BCUT2D eigenvalue weighted by Gasteiger charge is -2.16. The van der Waals surface area contributed by atoms with E-state index in [1.54, 1.807) is 51.5 Å². The van der Waals surface area contributed by atoms with Crippen molar-refractivity contribution >= 4 is 17.8 Å². The van der Waals surface area contributed by atoms with E-state index in [2.05, 4.69) is 30.7 Å². The number of nitrogens with zero attached hydrogens (tertiary/aromatic N) is 5. The van der Waals surface area contributed by atoms with Crippen LogP contribution in [-0.2, 0) is 15.2 Å². The maximum atomic E-state index is 12.3. The fourth-order valence-electron chi connectivity index (χ4n) is 3.44. The van der Waals surface area contributed by atoms with Gasteiger partial charge in [0, 0.05) is 39.3 Å². The molecular weight excluding hydrogens is 414 g/mol. The summed E-state index contributed by atoms with van der Waals surface area (Å²) in [4.78, 5) is 38.7. The highest BCUT2D eigenvalue weighted by molar-refractivity contribution is 5.87. The lowest BCUT2D eigenvalue weighted by Crippen LogP contribution is -2.35. The van der Waals surface area contributed by atoms with Crippen molar-refractivity contribution in [2.24, 2.45) is 0 Å². The van der Waals surface area contributed by atoms with Crippen LogP contribution in [-0.4, -0.2) is 68.6 Å². The van der Waals surface area contributed by atoms with Crippen LogP contribution in [0.2, 0.25) is 0 Å². The van der Waals surface area contributed by atoms with E-state index in [1.165, 1.54) is 11.0 Å². The van der Waals surface area contributed by atoms with E-state index in [0.717, 1.165) is 0 Å². The van der Waals surface area contributed by atoms with Gasteiger partial charge in [-0.25, -0.2) is 15.0 Å². The SMILES string of the molecule is CNC(=O)C(C)Nc1nccc(-c2cccc(-c3cc([C@]4(O)CCN(C)C4=O)on3)n2)n1. The van der Waals surface area contributed by atoms with Crippen LogP contribution in [0.15, 0.2) is 41.1 Å². The largest absolute Gasteiger partial charge is 0.373 e. The summed E-state index contributed by atoms with van der Waals surface area (Å²) in [6.45, 7) is 2.14. The predicted molar refractivity (Wildman–Crippen MR) is 114 cm³/mol. The highest BCUT2D eigenvalue weighted by atomic mass is 16.5. The molecule has 4 heterocycles. The van der Waals surface area contributed by atoms with E-state index in [4.69, 9.17) is 4.52 Å². The number of rotatable bonds is 6. The zero-order chi connectivity index (χ0) is 22.9. The summed E-state index contributed by atoms with van der Waals surface area (Å²) in [5.41, 5.74) is 0.265. The first kappa shape index (κ1) is 21.4. The lowest BCUT2D eigenvalue weighted by molar-refractivity contribution is -0.144. The van der Waals surface area contributed by atoms with Crippen LogP contribution < -0.4 is 10.6 Å². The normalized spacial score (nSPS) is 19.1. The van der Waals surface area contributed by atoms with Gasteiger partial charge in [-0.05, 0) is 25.1 Å². The number of hydrogen-bond donors (Lipinski definition) is 3. The van der Waals surface area contributed by atoms with E-state index in [0.29, 0.717) is 35.3 Å². The molecule has 0 spiro atoms. The molecule has 11 nitrogen and oxygen atoms in total. The first-order chi connectivity index (χ1) is 15.3. The Hall–Kier alpha value is -3.86. The second-order valence-electron chi connectivity index (χ2n) is 7.57. The third-order valence-corrected chi connectivity index (χ3v) is 5.34. The summed E-state index contributed by atoms with van der Waals surface area (Å²) in [5, 5.41) is 20.3. The molecule has 1 saturated heterocycles. The topological polar surface area (TPSA) is 146 Å². The number of hydrogen-bond acceptors (Lipinski definition) is 9. The van der Waals surface area contributed by atoms with Crippen molar-refractivity contribution in [3.8, 4) is 22.8 Å². The Balaban J connectivity index is 1.59. The quantitative estimate of drug-likeness (QED) is 0.509. The fourth-order valence-corrected chi connectivity index (χ4v) is 3.44. The molecule has 3 aromatic rings. The van der Waals surface area contributed by atoms with Crippen molar-refractivity contribution in [2.45, 2.75) is 25.0 Å². The number of likely N-dealkylation sites (N-methyl/N-ethyl adjacent to an activating group) is 2. The summed E-state index contributed by atoms with van der Waals surface area (Å²) in [6, 6.07) is 8.03. The third-order valence-electron chi connectivity index (χ3n) is 5.34. The molecule has 0 bridgehead atoms. The van der Waals surface area contributed by atoms with Crippen LogP contribution in [0.3, 0.4) is 0 Å². The molecule has 0 aliphatic carbocycles. The number of amides is 2. The maximum Gasteiger partial charge on any atom is 0.262 e. The maximum absolute atomic E-state index is 12.3. The van der Waals surface area contributed by atoms with Gasteiger partial charge in [-0.2, -0.15) is 0 Å². The smallest absolute Gasteiger partial charge is 0.262 e. The molecule has 1 aliphatic heterocycles. The van der Waals surface area contributed by atoms with Gasteiger partial charge in [-0.15, -0.1) is 0 Å². The van der Waals surface area contributed by atoms with Gasteiger partial charge in [0.25, 0.3) is 5.91 Å². The Labute approximate surface area is 183 Å². The van der Waals surface area contributed by atoms with Crippen molar-refractivity contribution in [3.05, 3.63) is 42.3 Å². The van der Waals surface area contributed by atoms with E-state index < -0.39 is 17.6 Å². The van der Waals surface area contributed by atoms with Crippen LogP contribution in [0.4, 0.5) is 5.95 Å². The van der Waals surface area contributed by atoms with Gasteiger partial charge in [-0.3, -0.25) is 9.59 Å². The van der Waals surface area contributed by atoms with Gasteiger partial charge in [0.1, 0.15) is 11.7 Å². The third kappa shape index (κ3) is 3.89. The molecule has 3 aromatic heterocycles. The Morgan fingerprint density at radius 1 is 1.22 bits per heavy atom. The molecule has 1 aliphatic rings. The molecule has 32 heavy (non-hydrogen) atoms. The molecule has 0 saturated carbocycles. The highest BCUT2D eigenvalue weighted by Gasteiger charge is 2.48. The summed E-state index contributed by atoms with van der Waals surface area (Å²) >= 11 is 0. The predicted octanol–water partition coefficient (Wildman–Crippen LogP) is 0.790. The molecule has 0 aromatic carbocycles. The zero-order valence-corrected chi connectivity index (χ0v) is 17.9. The summed E-state index contributed by atoms with van der Waals surface area (Å²) in [5.74, 6) is -0.227. The molecule has 166 valence electrons.